The van der Waals surface area contributed by atoms with Gasteiger partial charge >= 0.3 is 0 Å². The Labute approximate surface area is 164 Å². The van der Waals surface area contributed by atoms with E-state index < -0.39 is 0 Å². The van der Waals surface area contributed by atoms with Crippen molar-refractivity contribution < 1.29 is 4.79 Å². The average molecular weight is 369 g/mol. The average Bonchev–Trinajstić information content (AvgIpc) is 2.99. The molecule has 0 spiro atoms. The first kappa shape index (κ1) is 18.0. The van der Waals surface area contributed by atoms with Crippen molar-refractivity contribution in [2.45, 2.75) is 19.4 Å². The molecule has 0 aliphatic carbocycles. The quantitative estimate of drug-likeness (QED) is 0.511. The first-order valence-electron chi connectivity index (χ1n) is 9.49. The van der Waals surface area contributed by atoms with Gasteiger partial charge in [-0.1, -0.05) is 72.8 Å². The predicted octanol–water partition coefficient (Wildman–Crippen LogP) is 4.13. The third-order valence-corrected chi connectivity index (χ3v) is 5.22. The number of ketones is 1. The Kier molecular flexibility index (Phi) is 4.94. The van der Waals surface area contributed by atoms with Gasteiger partial charge < -0.3 is 9.13 Å². The lowest BCUT2D eigenvalue weighted by molar-refractivity contribution is 0.0971. The molecule has 0 radical (unpaired) electrons. The zero-order valence-corrected chi connectivity index (χ0v) is 15.9. The summed E-state index contributed by atoms with van der Waals surface area (Å²) < 4.78 is 3.69. The summed E-state index contributed by atoms with van der Waals surface area (Å²) in [7, 11) is 1.90. The first-order chi connectivity index (χ1) is 13.6. The Hall–Kier alpha value is -3.40. The topological polar surface area (TPSA) is 50.8 Å². The number of Topliss-reactive ketones (excluding diaryl/α,β-unsaturated/α-hetero) is 1. The van der Waals surface area contributed by atoms with Gasteiger partial charge in [0.1, 0.15) is 0 Å². The van der Waals surface area contributed by atoms with E-state index in [0.29, 0.717) is 11.2 Å². The number of nitrogens with zero attached hydrogens (tertiary/aromatic N) is 2. The second-order valence-electron chi connectivity index (χ2n) is 7.03. The smallest absolute Gasteiger partial charge is 0.203 e. The SMILES string of the molecule is Cn1c(=N)n(CC(=O)c2ccccc2)c2cccc(CCc3ccccc3)c21. The van der Waals surface area contributed by atoms with E-state index in [4.69, 9.17) is 5.41 Å². The van der Waals surface area contributed by atoms with Crippen molar-refractivity contribution in [1.29, 1.82) is 5.41 Å². The molecule has 28 heavy (non-hydrogen) atoms. The summed E-state index contributed by atoms with van der Waals surface area (Å²) in [5.74, 6) is 0.0151. The minimum Gasteiger partial charge on any atom is -0.313 e. The first-order valence-corrected chi connectivity index (χ1v) is 9.49. The molecule has 0 unspecified atom stereocenters. The molecule has 0 fully saturated rings. The van der Waals surface area contributed by atoms with Crippen molar-refractivity contribution in [3.63, 3.8) is 0 Å². The number of aryl methyl sites for hydroxylation is 3. The van der Waals surface area contributed by atoms with Gasteiger partial charge in [-0.25, -0.2) is 0 Å². The Bertz CT molecular complexity index is 1170. The van der Waals surface area contributed by atoms with Crippen LogP contribution < -0.4 is 5.62 Å². The molecule has 0 saturated heterocycles. The van der Waals surface area contributed by atoms with Gasteiger partial charge in [0.25, 0.3) is 0 Å². The summed E-state index contributed by atoms with van der Waals surface area (Å²) in [5, 5.41) is 8.55. The van der Waals surface area contributed by atoms with Crippen LogP contribution in [0.4, 0.5) is 0 Å². The molecule has 0 aliphatic heterocycles. The van der Waals surface area contributed by atoms with Crippen LogP contribution in [0, 0.1) is 5.41 Å². The molecule has 0 amide bonds. The van der Waals surface area contributed by atoms with Crippen molar-refractivity contribution in [2.24, 2.45) is 7.05 Å². The summed E-state index contributed by atoms with van der Waals surface area (Å²) in [6.45, 7) is 0.169. The molecule has 140 valence electrons. The van der Waals surface area contributed by atoms with Crippen molar-refractivity contribution in [3.8, 4) is 0 Å². The van der Waals surface area contributed by atoms with E-state index in [1.54, 1.807) is 4.57 Å². The van der Waals surface area contributed by atoms with Crippen LogP contribution in [0.3, 0.4) is 0 Å². The Morgan fingerprint density at radius 1 is 0.857 bits per heavy atom. The number of rotatable bonds is 6. The van der Waals surface area contributed by atoms with Crippen molar-refractivity contribution in [1.82, 2.24) is 9.13 Å². The highest BCUT2D eigenvalue weighted by Crippen LogP contribution is 2.20. The summed E-state index contributed by atoms with van der Waals surface area (Å²) in [6, 6.07) is 25.8. The summed E-state index contributed by atoms with van der Waals surface area (Å²) in [6.07, 6.45) is 1.84. The second-order valence-corrected chi connectivity index (χ2v) is 7.03. The number of carbonyl (C=O) groups excluding carboxylic acids is 1. The molecule has 0 atom stereocenters. The molecule has 4 nitrogen and oxygen atoms in total. The molecule has 0 bridgehead atoms. The van der Waals surface area contributed by atoms with E-state index in [1.807, 2.05) is 60.1 Å². The maximum atomic E-state index is 12.7. The van der Waals surface area contributed by atoms with Crippen molar-refractivity contribution in [2.75, 3.05) is 0 Å². The lowest BCUT2D eigenvalue weighted by Gasteiger charge is -2.07. The second kappa shape index (κ2) is 7.69. The van der Waals surface area contributed by atoms with Gasteiger partial charge in [0.2, 0.25) is 5.62 Å². The van der Waals surface area contributed by atoms with Crippen LogP contribution in [0.1, 0.15) is 21.5 Å². The van der Waals surface area contributed by atoms with Gasteiger partial charge in [0.05, 0.1) is 17.6 Å². The Morgan fingerprint density at radius 2 is 1.54 bits per heavy atom. The molecule has 3 aromatic carbocycles. The van der Waals surface area contributed by atoms with Crippen LogP contribution in [0.25, 0.3) is 11.0 Å². The number of hydrogen-bond donors (Lipinski definition) is 1. The fourth-order valence-corrected chi connectivity index (χ4v) is 3.73. The van der Waals surface area contributed by atoms with Crippen LogP contribution in [0.15, 0.2) is 78.9 Å². The number of imidazole rings is 1. The van der Waals surface area contributed by atoms with Crippen LogP contribution in [0.2, 0.25) is 0 Å². The maximum absolute atomic E-state index is 12.7. The lowest BCUT2D eigenvalue weighted by atomic mass is 10.0. The zero-order valence-electron chi connectivity index (χ0n) is 15.9. The summed E-state index contributed by atoms with van der Waals surface area (Å²) in [5.41, 5.74) is 5.47. The fourth-order valence-electron chi connectivity index (χ4n) is 3.73. The number of aromatic nitrogens is 2. The van der Waals surface area contributed by atoms with Gasteiger partial charge in [-0.3, -0.25) is 10.2 Å². The van der Waals surface area contributed by atoms with E-state index >= 15 is 0 Å². The van der Waals surface area contributed by atoms with Crippen LogP contribution in [-0.4, -0.2) is 14.9 Å². The molecular weight excluding hydrogens is 346 g/mol. The number of nitrogens with one attached hydrogen (secondary N) is 1. The van der Waals surface area contributed by atoms with E-state index in [-0.39, 0.29) is 12.3 Å². The number of benzene rings is 3. The van der Waals surface area contributed by atoms with E-state index in [2.05, 4.69) is 30.3 Å². The van der Waals surface area contributed by atoms with Crippen LogP contribution >= 0.6 is 0 Å². The highest BCUT2D eigenvalue weighted by atomic mass is 16.1. The monoisotopic (exact) mass is 369 g/mol. The third kappa shape index (κ3) is 3.41. The number of carbonyl (C=O) groups is 1. The number of fused-ring (bicyclic) bond motifs is 1. The standard InChI is InChI=1S/C24H23N3O/c1-26-23-20(16-15-18-9-4-2-5-10-18)13-8-14-21(23)27(24(26)25)17-22(28)19-11-6-3-7-12-19/h2-14,25H,15-17H2,1H3. The molecule has 1 N–H and O–H groups in total. The highest BCUT2D eigenvalue weighted by molar-refractivity contribution is 5.96. The molecule has 0 aliphatic rings. The zero-order chi connectivity index (χ0) is 19.5. The molecule has 1 heterocycles. The lowest BCUT2D eigenvalue weighted by Crippen LogP contribution is -2.25. The Balaban J connectivity index is 1.68. The van der Waals surface area contributed by atoms with Crippen molar-refractivity contribution in [3.05, 3.63) is 101 Å². The van der Waals surface area contributed by atoms with Crippen LogP contribution in [0.5, 0.6) is 0 Å². The van der Waals surface area contributed by atoms with E-state index in [9.17, 15) is 4.79 Å². The number of hydrogen-bond acceptors (Lipinski definition) is 2. The van der Waals surface area contributed by atoms with Crippen LogP contribution in [-0.2, 0) is 26.4 Å². The molecule has 4 aromatic rings. The molecule has 0 saturated carbocycles. The summed E-state index contributed by atoms with van der Waals surface area (Å²) >= 11 is 0. The van der Waals surface area contributed by atoms with Gasteiger partial charge in [-0.05, 0) is 30.0 Å². The van der Waals surface area contributed by atoms with Crippen molar-refractivity contribution >= 4 is 16.8 Å². The van der Waals surface area contributed by atoms with Gasteiger partial charge in [-0.15, -0.1) is 0 Å². The molecular formula is C24H23N3O. The summed E-state index contributed by atoms with van der Waals surface area (Å²) in [4.78, 5) is 12.7. The highest BCUT2D eigenvalue weighted by Gasteiger charge is 2.15. The predicted molar refractivity (Wildman–Crippen MR) is 111 cm³/mol. The maximum Gasteiger partial charge on any atom is 0.203 e. The minimum atomic E-state index is 0.0151. The third-order valence-electron chi connectivity index (χ3n) is 5.22. The van der Waals surface area contributed by atoms with E-state index in [1.165, 1.54) is 11.1 Å². The van der Waals surface area contributed by atoms with Gasteiger partial charge in [-0.2, -0.15) is 0 Å². The fraction of sp³-hybridized carbons (Fsp3) is 0.167. The minimum absolute atomic E-state index is 0.0151. The largest absolute Gasteiger partial charge is 0.313 e. The Morgan fingerprint density at radius 3 is 2.25 bits per heavy atom. The number of para-hydroxylation sites is 1. The van der Waals surface area contributed by atoms with Gasteiger partial charge in [0, 0.05) is 12.6 Å². The molecule has 1 aromatic heterocycles. The van der Waals surface area contributed by atoms with Gasteiger partial charge in [0.15, 0.2) is 5.78 Å². The molecule has 4 rings (SSSR count). The van der Waals surface area contributed by atoms with E-state index in [0.717, 1.165) is 23.9 Å². The molecule has 4 heteroatoms. The normalized spacial score (nSPS) is 11.0.